The topological polar surface area (TPSA) is 76.1 Å². The molecule has 0 aromatic carbocycles. The van der Waals surface area contributed by atoms with Gasteiger partial charge in [0.1, 0.15) is 12.7 Å². The molecule has 3 atom stereocenters. The van der Waals surface area contributed by atoms with Gasteiger partial charge < -0.3 is 14.6 Å². The van der Waals surface area contributed by atoms with Gasteiger partial charge in [0.2, 0.25) is 0 Å². The number of esters is 2. The summed E-state index contributed by atoms with van der Waals surface area (Å²) in [4.78, 5) is 27.0. The average molecular weight is 333 g/mol. The van der Waals surface area contributed by atoms with Gasteiger partial charge in [-0.15, -0.1) is 0 Å². The fourth-order valence-corrected chi connectivity index (χ4v) is 3.47. The van der Waals surface area contributed by atoms with Crippen molar-refractivity contribution in [2.75, 3.05) is 19.7 Å². The Morgan fingerprint density at radius 1 is 1.46 bits per heavy atom. The van der Waals surface area contributed by atoms with Gasteiger partial charge in [0.05, 0.1) is 6.04 Å². The summed E-state index contributed by atoms with van der Waals surface area (Å²) in [7, 11) is 0. The first-order valence-electron chi connectivity index (χ1n) is 8.21. The van der Waals surface area contributed by atoms with E-state index in [0.717, 1.165) is 25.1 Å². The number of aliphatic hydroxyl groups is 1. The molecule has 0 bridgehead atoms. The number of carbonyl (C=O) groups excluding carboxylic acids is 2. The van der Waals surface area contributed by atoms with Crippen LogP contribution in [0.5, 0.6) is 0 Å². The molecule has 0 aromatic heterocycles. The van der Waals surface area contributed by atoms with Crippen molar-refractivity contribution < 1.29 is 24.2 Å². The Labute approximate surface area is 141 Å². The number of allylic oxidation sites excluding steroid dienone is 1. The molecule has 1 N–H and O–H groups in total. The first kappa shape index (κ1) is 16.9. The predicted octanol–water partition coefficient (Wildman–Crippen LogP) is 1.11. The van der Waals surface area contributed by atoms with Crippen LogP contribution in [0.25, 0.3) is 0 Å². The van der Waals surface area contributed by atoms with Crippen molar-refractivity contribution in [2.45, 2.75) is 44.4 Å². The predicted molar refractivity (Wildman–Crippen MR) is 87.0 cm³/mol. The first-order chi connectivity index (χ1) is 11.3. The van der Waals surface area contributed by atoms with Crippen molar-refractivity contribution in [3.8, 4) is 0 Å². The van der Waals surface area contributed by atoms with Crippen molar-refractivity contribution in [3.05, 3.63) is 35.5 Å². The molecular weight excluding hydrogens is 310 g/mol. The van der Waals surface area contributed by atoms with Crippen LogP contribution in [-0.4, -0.2) is 59.4 Å². The van der Waals surface area contributed by atoms with Crippen molar-refractivity contribution in [3.63, 3.8) is 0 Å². The van der Waals surface area contributed by atoms with Crippen molar-refractivity contribution in [1.82, 2.24) is 4.90 Å². The van der Waals surface area contributed by atoms with E-state index < -0.39 is 17.5 Å². The highest BCUT2D eigenvalue weighted by molar-refractivity contribution is 5.90. The summed E-state index contributed by atoms with van der Waals surface area (Å²) in [6.45, 7) is 8.53. The minimum Gasteiger partial charge on any atom is -0.459 e. The number of carbonyl (C=O) groups is 2. The zero-order valence-corrected chi connectivity index (χ0v) is 14.1. The molecule has 0 saturated carbocycles. The highest BCUT2D eigenvalue weighted by atomic mass is 16.6. The third kappa shape index (κ3) is 2.80. The Balaban J connectivity index is 1.92. The Bertz CT molecular complexity index is 646. The van der Waals surface area contributed by atoms with E-state index in [1.54, 1.807) is 13.0 Å². The third-order valence-corrected chi connectivity index (χ3v) is 5.14. The lowest BCUT2D eigenvalue weighted by Crippen LogP contribution is -2.42. The summed E-state index contributed by atoms with van der Waals surface area (Å²) < 4.78 is 11.1. The zero-order valence-electron chi connectivity index (χ0n) is 14.1. The summed E-state index contributed by atoms with van der Waals surface area (Å²) in [6.07, 6.45) is 4.23. The lowest BCUT2D eigenvalue weighted by atomic mass is 9.91. The average Bonchev–Trinajstić information content (AvgIpc) is 3.12. The molecule has 0 aliphatic carbocycles. The van der Waals surface area contributed by atoms with Gasteiger partial charge in [0.15, 0.2) is 5.60 Å². The van der Waals surface area contributed by atoms with Gasteiger partial charge >= 0.3 is 11.9 Å². The minimum absolute atomic E-state index is 0.0487. The summed E-state index contributed by atoms with van der Waals surface area (Å²) in [6, 6.07) is -0.0487. The Hall–Kier alpha value is -1.92. The second-order valence-corrected chi connectivity index (χ2v) is 6.69. The molecule has 0 spiro atoms. The normalized spacial score (nSPS) is 36.5. The molecule has 3 rings (SSSR count). The quantitative estimate of drug-likeness (QED) is 0.407. The van der Waals surface area contributed by atoms with Crippen LogP contribution in [0, 0.1) is 0 Å². The number of ether oxygens (including phenoxy) is 2. The van der Waals surface area contributed by atoms with Gasteiger partial charge in [0, 0.05) is 25.1 Å². The van der Waals surface area contributed by atoms with Crippen LogP contribution >= 0.6 is 0 Å². The van der Waals surface area contributed by atoms with Crippen LogP contribution in [-0.2, 0) is 19.1 Å². The first-order valence-corrected chi connectivity index (χ1v) is 8.21. The Morgan fingerprint density at radius 2 is 2.21 bits per heavy atom. The molecule has 6 nitrogen and oxygen atoms in total. The van der Waals surface area contributed by atoms with Crippen LogP contribution in [0.1, 0.15) is 26.7 Å². The van der Waals surface area contributed by atoms with Gasteiger partial charge in [-0.25, -0.2) is 9.59 Å². The van der Waals surface area contributed by atoms with Crippen molar-refractivity contribution in [1.29, 1.82) is 0 Å². The van der Waals surface area contributed by atoms with E-state index in [0.29, 0.717) is 5.57 Å². The van der Waals surface area contributed by atoms with Gasteiger partial charge in [-0.3, -0.25) is 4.90 Å². The third-order valence-electron chi connectivity index (χ3n) is 5.14. The molecule has 0 aromatic rings. The number of rotatable bonds is 0. The van der Waals surface area contributed by atoms with E-state index in [4.69, 9.17) is 9.47 Å². The van der Waals surface area contributed by atoms with Crippen LogP contribution in [0.3, 0.4) is 0 Å². The number of nitrogens with zero attached hydrogens (tertiary/aromatic N) is 1. The standard InChI is InChI=1S/C18H23NO5/c1-4-12-9-11(2)18(3,22)17(21)23-10-13-5-7-19-8-6-14(15(13)19)24-16(12)20/h4-5,14-15,22H,2,6-10H2,1,3H3/t14-,15-,18+/m1/s1. The van der Waals surface area contributed by atoms with Crippen LogP contribution in [0.2, 0.25) is 0 Å². The van der Waals surface area contributed by atoms with E-state index in [1.807, 2.05) is 6.08 Å². The molecule has 2 saturated heterocycles. The molecule has 3 heterocycles. The molecule has 3 aliphatic rings. The fourth-order valence-electron chi connectivity index (χ4n) is 3.47. The summed E-state index contributed by atoms with van der Waals surface area (Å²) in [5, 5.41) is 10.5. The summed E-state index contributed by atoms with van der Waals surface area (Å²) >= 11 is 0. The minimum atomic E-state index is -1.85. The molecular formula is C18H23NO5. The molecule has 0 amide bonds. The van der Waals surface area contributed by atoms with E-state index in [2.05, 4.69) is 11.5 Å². The largest absolute Gasteiger partial charge is 0.459 e. The number of hydrogen-bond donors (Lipinski definition) is 1. The highest BCUT2D eigenvalue weighted by Gasteiger charge is 2.44. The molecule has 0 radical (unpaired) electrons. The monoisotopic (exact) mass is 333 g/mol. The second kappa shape index (κ2) is 6.18. The van der Waals surface area contributed by atoms with E-state index >= 15 is 0 Å². The van der Waals surface area contributed by atoms with E-state index in [9.17, 15) is 14.7 Å². The second-order valence-electron chi connectivity index (χ2n) is 6.69. The van der Waals surface area contributed by atoms with Gasteiger partial charge in [-0.1, -0.05) is 18.7 Å². The van der Waals surface area contributed by atoms with Gasteiger partial charge in [-0.2, -0.15) is 0 Å². The van der Waals surface area contributed by atoms with Crippen LogP contribution in [0.4, 0.5) is 0 Å². The number of cyclic esters (lactones) is 1. The number of hydrogen-bond acceptors (Lipinski definition) is 6. The summed E-state index contributed by atoms with van der Waals surface area (Å²) in [5.41, 5.74) is -0.330. The van der Waals surface area contributed by atoms with E-state index in [1.165, 1.54) is 6.92 Å². The van der Waals surface area contributed by atoms with Crippen molar-refractivity contribution in [2.24, 2.45) is 0 Å². The smallest absolute Gasteiger partial charge is 0.342 e. The van der Waals surface area contributed by atoms with E-state index in [-0.39, 0.29) is 30.7 Å². The molecule has 6 heteroatoms. The lowest BCUT2D eigenvalue weighted by molar-refractivity contribution is -0.160. The Morgan fingerprint density at radius 3 is 2.92 bits per heavy atom. The lowest BCUT2D eigenvalue weighted by Gasteiger charge is -2.28. The Kier molecular flexibility index (Phi) is 4.36. The fraction of sp³-hybridized carbons (Fsp3) is 0.556. The molecule has 2 fully saturated rings. The highest BCUT2D eigenvalue weighted by Crippen LogP contribution is 2.33. The SMILES string of the molecule is C=C1CC(=CC)C(=O)O[C@@H]2CCN3CC=C(COC(=O)[C@@]1(C)O)[C@H]23. The molecule has 24 heavy (non-hydrogen) atoms. The maximum absolute atomic E-state index is 12.5. The van der Waals surface area contributed by atoms with Crippen LogP contribution < -0.4 is 0 Å². The van der Waals surface area contributed by atoms with Crippen molar-refractivity contribution >= 4 is 11.9 Å². The summed E-state index contributed by atoms with van der Waals surface area (Å²) in [5.74, 6) is -1.16. The maximum atomic E-state index is 12.5. The molecule has 3 aliphatic heterocycles. The molecule has 0 unspecified atom stereocenters. The van der Waals surface area contributed by atoms with Gasteiger partial charge in [0.25, 0.3) is 0 Å². The maximum Gasteiger partial charge on any atom is 0.342 e. The van der Waals surface area contributed by atoms with Crippen LogP contribution in [0.15, 0.2) is 35.5 Å². The molecule has 130 valence electrons. The zero-order chi connectivity index (χ0) is 17.5. The van der Waals surface area contributed by atoms with Gasteiger partial charge in [-0.05, 0) is 31.4 Å².